The van der Waals surface area contributed by atoms with Gasteiger partial charge in [-0.3, -0.25) is 4.79 Å². The van der Waals surface area contributed by atoms with Crippen LogP contribution in [0.1, 0.15) is 48.0 Å². The summed E-state index contributed by atoms with van der Waals surface area (Å²) in [4.78, 5) is 27.5. The number of nitrogens with one attached hydrogen (secondary N) is 1. The SMILES string of the molecule is COC(=O)c1ccc(S(=O)(=O)N(Cc2cc3cc(OC)ccc3[nH]c2=O)C2CCCCC2)cc1. The van der Waals surface area contributed by atoms with E-state index in [4.69, 9.17) is 9.47 Å². The second-order valence-electron chi connectivity index (χ2n) is 8.43. The van der Waals surface area contributed by atoms with Gasteiger partial charge in [0.25, 0.3) is 5.56 Å². The van der Waals surface area contributed by atoms with Crippen LogP contribution in [0.4, 0.5) is 0 Å². The molecule has 0 spiro atoms. The maximum Gasteiger partial charge on any atom is 0.337 e. The van der Waals surface area contributed by atoms with Gasteiger partial charge in [0, 0.05) is 29.1 Å². The average molecular weight is 485 g/mol. The van der Waals surface area contributed by atoms with E-state index in [0.717, 1.165) is 37.5 Å². The molecule has 34 heavy (non-hydrogen) atoms. The minimum absolute atomic E-state index is 0.0474. The molecule has 3 aromatic rings. The third kappa shape index (κ3) is 4.85. The number of benzene rings is 2. The van der Waals surface area contributed by atoms with Crippen LogP contribution < -0.4 is 10.3 Å². The molecule has 0 amide bonds. The van der Waals surface area contributed by atoms with Crippen molar-refractivity contribution in [2.24, 2.45) is 0 Å². The molecule has 1 aromatic heterocycles. The molecule has 180 valence electrons. The average Bonchev–Trinajstić information content (AvgIpc) is 2.87. The Kier molecular flexibility index (Phi) is 7.04. The Morgan fingerprint density at radius 3 is 2.38 bits per heavy atom. The number of sulfonamides is 1. The lowest BCUT2D eigenvalue weighted by atomic mass is 9.95. The van der Waals surface area contributed by atoms with Crippen LogP contribution in [-0.4, -0.2) is 43.9 Å². The standard InChI is InChI=1S/C25H28N2O6S/c1-32-21-10-13-23-18(15-21)14-19(24(28)26-23)16-27(20-6-4-3-5-7-20)34(30,31)22-11-8-17(9-12-22)25(29)33-2/h8-15,20H,3-7,16H2,1-2H3,(H,26,28). The Morgan fingerprint density at radius 1 is 1.03 bits per heavy atom. The van der Waals surface area contributed by atoms with Crippen molar-refractivity contribution >= 4 is 26.9 Å². The zero-order valence-corrected chi connectivity index (χ0v) is 20.1. The van der Waals surface area contributed by atoms with Crippen molar-refractivity contribution in [1.29, 1.82) is 0 Å². The van der Waals surface area contributed by atoms with Gasteiger partial charge in [0.15, 0.2) is 0 Å². The second-order valence-corrected chi connectivity index (χ2v) is 10.3. The number of fused-ring (bicyclic) bond motifs is 1. The van der Waals surface area contributed by atoms with E-state index in [2.05, 4.69) is 4.98 Å². The summed E-state index contributed by atoms with van der Waals surface area (Å²) in [7, 11) is -1.09. The van der Waals surface area contributed by atoms with Crippen molar-refractivity contribution in [3.05, 3.63) is 70.0 Å². The first kappa shape index (κ1) is 24.0. The molecule has 0 unspecified atom stereocenters. The van der Waals surface area contributed by atoms with E-state index in [0.29, 0.717) is 16.8 Å². The number of aromatic amines is 1. The fraction of sp³-hybridized carbons (Fsp3) is 0.360. The van der Waals surface area contributed by atoms with E-state index < -0.39 is 16.0 Å². The molecule has 1 aliphatic rings. The summed E-state index contributed by atoms with van der Waals surface area (Å²) in [6.07, 6.45) is 4.40. The molecule has 1 heterocycles. The van der Waals surface area contributed by atoms with E-state index in [1.54, 1.807) is 31.4 Å². The number of carbonyl (C=O) groups excluding carboxylic acids is 1. The first-order valence-electron chi connectivity index (χ1n) is 11.2. The van der Waals surface area contributed by atoms with Crippen LogP contribution in [0.25, 0.3) is 10.9 Å². The van der Waals surface area contributed by atoms with Crippen LogP contribution in [0.2, 0.25) is 0 Å². The van der Waals surface area contributed by atoms with E-state index in [1.807, 2.05) is 0 Å². The van der Waals surface area contributed by atoms with Crippen LogP contribution in [-0.2, 0) is 21.3 Å². The number of esters is 1. The van der Waals surface area contributed by atoms with Gasteiger partial charge in [0.05, 0.1) is 24.7 Å². The molecular weight excluding hydrogens is 456 g/mol. The number of hydrogen-bond acceptors (Lipinski definition) is 6. The third-order valence-electron chi connectivity index (χ3n) is 6.32. The summed E-state index contributed by atoms with van der Waals surface area (Å²) >= 11 is 0. The quantitative estimate of drug-likeness (QED) is 0.511. The first-order chi connectivity index (χ1) is 16.3. The number of rotatable bonds is 7. The maximum atomic E-state index is 13.7. The fourth-order valence-corrected chi connectivity index (χ4v) is 6.10. The van der Waals surface area contributed by atoms with E-state index >= 15 is 0 Å². The zero-order chi connectivity index (χ0) is 24.3. The Morgan fingerprint density at radius 2 is 1.74 bits per heavy atom. The van der Waals surface area contributed by atoms with Crippen molar-refractivity contribution in [3.63, 3.8) is 0 Å². The Balaban J connectivity index is 1.74. The van der Waals surface area contributed by atoms with Crippen molar-refractivity contribution in [2.75, 3.05) is 14.2 Å². The predicted octanol–water partition coefficient (Wildman–Crippen LogP) is 3.85. The van der Waals surface area contributed by atoms with Gasteiger partial charge in [-0.15, -0.1) is 0 Å². The van der Waals surface area contributed by atoms with Gasteiger partial charge in [0.1, 0.15) is 5.75 Å². The summed E-state index contributed by atoms with van der Waals surface area (Å²) < 4.78 is 38.9. The van der Waals surface area contributed by atoms with Crippen molar-refractivity contribution in [3.8, 4) is 5.75 Å². The van der Waals surface area contributed by atoms with Crippen LogP contribution in [0, 0.1) is 0 Å². The van der Waals surface area contributed by atoms with Gasteiger partial charge in [-0.1, -0.05) is 19.3 Å². The molecule has 8 nitrogen and oxygen atoms in total. The van der Waals surface area contributed by atoms with E-state index in [1.165, 1.54) is 35.7 Å². The monoisotopic (exact) mass is 484 g/mol. The van der Waals surface area contributed by atoms with Gasteiger partial charge < -0.3 is 14.5 Å². The Labute approximate surface area is 198 Å². The van der Waals surface area contributed by atoms with Crippen LogP contribution >= 0.6 is 0 Å². The fourth-order valence-electron chi connectivity index (χ4n) is 4.44. The highest BCUT2D eigenvalue weighted by molar-refractivity contribution is 7.89. The molecule has 1 saturated carbocycles. The number of hydrogen-bond donors (Lipinski definition) is 1. The lowest BCUT2D eigenvalue weighted by Gasteiger charge is -2.33. The first-order valence-corrected chi connectivity index (χ1v) is 12.7. The highest BCUT2D eigenvalue weighted by atomic mass is 32.2. The second kappa shape index (κ2) is 9.99. The Hall–Kier alpha value is -3.17. The molecule has 1 aliphatic carbocycles. The van der Waals surface area contributed by atoms with Gasteiger partial charge in [-0.25, -0.2) is 13.2 Å². The van der Waals surface area contributed by atoms with Crippen LogP contribution in [0.5, 0.6) is 5.75 Å². The largest absolute Gasteiger partial charge is 0.497 e. The molecule has 9 heteroatoms. The summed E-state index contributed by atoms with van der Waals surface area (Å²) in [6, 6.07) is 12.5. The lowest BCUT2D eigenvalue weighted by Crippen LogP contribution is -2.42. The molecule has 1 N–H and O–H groups in total. The summed E-state index contributed by atoms with van der Waals surface area (Å²) in [6.45, 7) is -0.0474. The van der Waals surface area contributed by atoms with E-state index in [-0.39, 0.29) is 28.6 Å². The number of pyridine rings is 1. The number of carbonyl (C=O) groups is 1. The minimum Gasteiger partial charge on any atom is -0.497 e. The molecule has 0 aliphatic heterocycles. The summed E-state index contributed by atoms with van der Waals surface area (Å²) in [5.74, 6) is 0.110. The molecule has 0 radical (unpaired) electrons. The van der Waals surface area contributed by atoms with Crippen LogP contribution in [0.3, 0.4) is 0 Å². The normalized spacial score (nSPS) is 14.9. The summed E-state index contributed by atoms with van der Waals surface area (Å²) in [5, 5.41) is 0.761. The third-order valence-corrected chi connectivity index (χ3v) is 8.23. The van der Waals surface area contributed by atoms with Crippen LogP contribution in [0.15, 0.2) is 58.2 Å². The molecule has 0 atom stereocenters. The van der Waals surface area contributed by atoms with Crippen molar-refractivity contribution in [2.45, 2.75) is 49.6 Å². The lowest BCUT2D eigenvalue weighted by molar-refractivity contribution is 0.0600. The van der Waals surface area contributed by atoms with Gasteiger partial charge in [-0.2, -0.15) is 4.31 Å². The number of H-pyrrole nitrogens is 1. The number of methoxy groups -OCH3 is 2. The molecule has 1 fully saturated rings. The number of ether oxygens (including phenoxy) is 2. The predicted molar refractivity (Wildman–Crippen MR) is 129 cm³/mol. The highest BCUT2D eigenvalue weighted by Crippen LogP contribution is 2.30. The molecular formula is C25H28N2O6S. The molecule has 2 aromatic carbocycles. The topological polar surface area (TPSA) is 106 Å². The zero-order valence-electron chi connectivity index (χ0n) is 19.2. The van der Waals surface area contributed by atoms with Crippen molar-refractivity contribution < 1.29 is 22.7 Å². The number of nitrogens with zero attached hydrogens (tertiary/aromatic N) is 1. The minimum atomic E-state index is -3.93. The molecule has 0 bridgehead atoms. The number of aromatic nitrogens is 1. The molecule has 4 rings (SSSR count). The maximum absolute atomic E-state index is 13.7. The smallest absolute Gasteiger partial charge is 0.337 e. The van der Waals surface area contributed by atoms with E-state index in [9.17, 15) is 18.0 Å². The van der Waals surface area contributed by atoms with Gasteiger partial charge >= 0.3 is 5.97 Å². The molecule has 0 saturated heterocycles. The summed E-state index contributed by atoms with van der Waals surface area (Å²) in [5.41, 5.74) is 0.960. The Bertz CT molecular complexity index is 1340. The van der Waals surface area contributed by atoms with Gasteiger partial charge in [-0.05, 0) is 61.4 Å². The van der Waals surface area contributed by atoms with Crippen molar-refractivity contribution in [1.82, 2.24) is 9.29 Å². The van der Waals surface area contributed by atoms with Gasteiger partial charge in [0.2, 0.25) is 10.0 Å². The highest BCUT2D eigenvalue weighted by Gasteiger charge is 2.33.